The van der Waals surface area contributed by atoms with Gasteiger partial charge in [0.05, 0.1) is 22.8 Å². The van der Waals surface area contributed by atoms with Crippen LogP contribution in [0, 0.1) is 47.4 Å². The molecular formula is C77H85BN6O2. The van der Waals surface area contributed by atoms with Gasteiger partial charge in [0.25, 0.3) is 7.48 Å². The third-order valence-corrected chi connectivity index (χ3v) is 15.4. The molecular weight excluding hydrogens is 1050 g/mol. The van der Waals surface area contributed by atoms with E-state index in [2.05, 4.69) is 172 Å². The Morgan fingerprint density at radius 2 is 0.884 bits per heavy atom. The summed E-state index contributed by atoms with van der Waals surface area (Å²) in [5.74, 6) is 26.8. The van der Waals surface area contributed by atoms with Crippen molar-refractivity contribution in [1.29, 1.82) is 0 Å². The molecule has 0 saturated carbocycles. The molecule has 0 amide bonds. The molecule has 9 heteroatoms. The number of rotatable bonds is 25. The summed E-state index contributed by atoms with van der Waals surface area (Å²) in [5, 5.41) is 20.8. The minimum absolute atomic E-state index is 0.00830. The summed E-state index contributed by atoms with van der Waals surface area (Å²) >= 11 is 0. The van der Waals surface area contributed by atoms with Gasteiger partial charge in [-0.3, -0.25) is 24.7 Å². The van der Waals surface area contributed by atoms with Crippen molar-refractivity contribution in [3.63, 3.8) is 0 Å². The van der Waals surface area contributed by atoms with Crippen molar-refractivity contribution < 1.29 is 10.1 Å². The third kappa shape index (κ3) is 23.7. The summed E-state index contributed by atoms with van der Waals surface area (Å²) in [5.41, 5.74) is 13.1. The Bertz CT molecular complexity index is 3480. The second-order valence-electron chi connectivity index (χ2n) is 22.6. The first-order chi connectivity index (χ1) is 42.3. The molecule has 0 radical (unpaired) electrons. The fraction of sp³-hybridized carbons (Fsp3) is 0.338. The molecule has 0 saturated heterocycles. The standard InChI is InChI=1S/C77H85BN6O2/c1-3-49-82-50-51-83(61-76-56-71(57-77(81-76)63(2)85)48-46-69-43-39-67(40-44-69)34-21-15-11-7-5-9-13-19-28-65-31-24-17-25-32-65)52-53-84(60-73-36-26-35-72(59-82)79-73)62-75-55-70(54-74(80-75)58-78-86)47-45-68-41-37-66(38-42-68)33-20-14-10-6-4-8-12-18-27-64-29-22-16-23-30-64/h3,16-17,22-26,29-32,35-44,54-57,78,85-86H,1-2,4-15,18-19,27-28,49-53,58-62H2. The van der Waals surface area contributed by atoms with Crippen molar-refractivity contribution in [3.05, 3.63) is 250 Å². The van der Waals surface area contributed by atoms with Crippen LogP contribution in [0.3, 0.4) is 0 Å². The lowest BCUT2D eigenvalue weighted by Gasteiger charge is -2.31. The molecule has 0 fully saturated rings. The predicted octanol–water partition coefficient (Wildman–Crippen LogP) is 14.2. The van der Waals surface area contributed by atoms with Gasteiger partial charge < -0.3 is 10.1 Å². The molecule has 438 valence electrons. The second-order valence-corrected chi connectivity index (χ2v) is 22.6. The zero-order valence-electron chi connectivity index (χ0n) is 50.6. The van der Waals surface area contributed by atoms with Gasteiger partial charge in [0.2, 0.25) is 0 Å². The van der Waals surface area contributed by atoms with E-state index >= 15 is 0 Å². The van der Waals surface area contributed by atoms with Gasteiger partial charge in [-0.25, -0.2) is 4.98 Å². The van der Waals surface area contributed by atoms with Gasteiger partial charge in [-0.05, 0) is 141 Å². The van der Waals surface area contributed by atoms with Crippen LogP contribution in [0.2, 0.25) is 0 Å². The molecule has 2 bridgehead atoms. The Morgan fingerprint density at radius 1 is 0.453 bits per heavy atom. The largest absolute Gasteiger partial charge is 0.506 e. The van der Waals surface area contributed by atoms with E-state index < -0.39 is 0 Å². The Balaban J connectivity index is 0.880. The number of aryl methyl sites for hydroxylation is 2. The molecule has 4 aromatic carbocycles. The summed E-state index contributed by atoms with van der Waals surface area (Å²) in [7, 11) is -0.00830. The first-order valence-corrected chi connectivity index (χ1v) is 31.3. The summed E-state index contributed by atoms with van der Waals surface area (Å²) in [4.78, 5) is 22.3. The number of unbranched alkanes of at least 4 members (excludes halogenated alkanes) is 12. The molecule has 0 aliphatic carbocycles. The van der Waals surface area contributed by atoms with Gasteiger partial charge in [-0.2, -0.15) is 0 Å². The molecule has 4 heterocycles. The lowest BCUT2D eigenvalue weighted by molar-refractivity contribution is 0.160. The van der Waals surface area contributed by atoms with E-state index in [4.69, 9.17) is 15.0 Å². The van der Waals surface area contributed by atoms with Crippen LogP contribution in [0.5, 0.6) is 0 Å². The van der Waals surface area contributed by atoms with E-state index in [0.717, 1.165) is 114 Å². The Hall–Kier alpha value is -8.25. The highest BCUT2D eigenvalue weighted by Gasteiger charge is 2.19. The minimum atomic E-state index is -0.0988. The molecule has 7 aromatic rings. The molecule has 0 atom stereocenters. The quantitative estimate of drug-likeness (QED) is 0.0192. The monoisotopic (exact) mass is 1140 g/mol. The van der Waals surface area contributed by atoms with Crippen LogP contribution in [-0.2, 0) is 45.3 Å². The molecule has 8 nitrogen and oxygen atoms in total. The Labute approximate surface area is 515 Å². The zero-order chi connectivity index (χ0) is 59.6. The number of benzene rings is 4. The van der Waals surface area contributed by atoms with E-state index in [0.29, 0.717) is 44.7 Å². The summed E-state index contributed by atoms with van der Waals surface area (Å²) in [6.07, 6.45) is 21.5. The van der Waals surface area contributed by atoms with Gasteiger partial charge in [-0.15, -0.1) is 6.58 Å². The first-order valence-electron chi connectivity index (χ1n) is 31.3. The number of nitrogens with zero attached hydrogens (tertiary/aromatic N) is 6. The molecule has 0 spiro atoms. The highest BCUT2D eigenvalue weighted by molar-refractivity contribution is 6.24. The van der Waals surface area contributed by atoms with Crippen LogP contribution in [0.1, 0.15) is 169 Å². The number of hydrogen-bond acceptors (Lipinski definition) is 8. The highest BCUT2D eigenvalue weighted by atomic mass is 16.3. The maximum absolute atomic E-state index is 10.7. The normalized spacial score (nSPS) is 12.8. The van der Waals surface area contributed by atoms with Crippen molar-refractivity contribution in [2.45, 2.75) is 135 Å². The van der Waals surface area contributed by atoms with Crippen molar-refractivity contribution in [2.24, 2.45) is 0 Å². The topological polar surface area (TPSA) is 88.9 Å². The average molecular weight is 1140 g/mol. The summed E-state index contributed by atoms with van der Waals surface area (Å²) in [6.45, 7) is 14.0. The number of aliphatic hydroxyl groups excluding tert-OH is 1. The smallest absolute Gasteiger partial charge is 0.276 e. The first kappa shape index (κ1) is 63.8. The molecule has 1 aliphatic rings. The van der Waals surface area contributed by atoms with Crippen LogP contribution >= 0.6 is 0 Å². The predicted molar refractivity (Wildman–Crippen MR) is 356 cm³/mol. The van der Waals surface area contributed by atoms with Crippen molar-refractivity contribution in [1.82, 2.24) is 29.7 Å². The third-order valence-electron chi connectivity index (χ3n) is 15.4. The van der Waals surface area contributed by atoms with Crippen LogP contribution in [0.4, 0.5) is 0 Å². The number of aromatic nitrogens is 3. The lowest BCUT2D eigenvalue weighted by Crippen LogP contribution is -2.40. The number of aliphatic hydroxyl groups is 1. The molecule has 8 rings (SSSR count). The van der Waals surface area contributed by atoms with Crippen LogP contribution < -0.4 is 0 Å². The van der Waals surface area contributed by atoms with Crippen molar-refractivity contribution in [2.75, 3.05) is 32.7 Å². The van der Waals surface area contributed by atoms with Gasteiger partial charge in [0.1, 0.15) is 11.5 Å². The average Bonchev–Trinajstić information content (AvgIpc) is 3.73. The van der Waals surface area contributed by atoms with Crippen molar-refractivity contribution in [3.8, 4) is 47.4 Å². The van der Waals surface area contributed by atoms with E-state index in [1.807, 2.05) is 54.6 Å². The Morgan fingerprint density at radius 3 is 1.41 bits per heavy atom. The summed E-state index contributed by atoms with van der Waals surface area (Å²) in [6, 6.07) is 52.0. The molecule has 86 heavy (non-hydrogen) atoms. The van der Waals surface area contributed by atoms with Gasteiger partial charge in [-0.1, -0.05) is 178 Å². The van der Waals surface area contributed by atoms with Gasteiger partial charge in [0, 0.05) is 111 Å². The molecule has 3 aromatic heterocycles. The SMILES string of the molecule is C=CCN1CCN(Cc2cc(C#Cc3ccc(C#CCCCCCCCCc4ccccc4)cc3)cc(C(=C)O)n2)CCN(Cc2cc(C#Cc3ccc(C#CCCCCCCCCc4ccccc4)cc3)cc(CBO)n2)Cc2cccc(n2)C1. The fourth-order valence-electron chi connectivity index (χ4n) is 10.7. The van der Waals surface area contributed by atoms with Gasteiger partial charge in [0.15, 0.2) is 0 Å². The van der Waals surface area contributed by atoms with Crippen molar-refractivity contribution >= 4 is 13.2 Å². The fourth-order valence-corrected chi connectivity index (χ4v) is 10.7. The minimum Gasteiger partial charge on any atom is -0.506 e. The van der Waals surface area contributed by atoms with Crippen LogP contribution in [0.25, 0.3) is 5.76 Å². The number of hydrogen-bond donors (Lipinski definition) is 2. The molecule has 1 aliphatic heterocycles. The van der Waals surface area contributed by atoms with E-state index in [9.17, 15) is 10.1 Å². The van der Waals surface area contributed by atoms with E-state index in [1.165, 1.54) is 88.2 Å². The number of pyridine rings is 3. The van der Waals surface area contributed by atoms with Crippen LogP contribution in [0.15, 0.2) is 171 Å². The molecule has 0 unspecified atom stereocenters. The summed E-state index contributed by atoms with van der Waals surface area (Å²) < 4.78 is 0. The van der Waals surface area contributed by atoms with Gasteiger partial charge >= 0.3 is 0 Å². The number of fused-ring (bicyclic) bond motifs is 2. The van der Waals surface area contributed by atoms with Crippen LogP contribution in [-0.4, -0.2) is 80.0 Å². The Kier molecular flexibility index (Phi) is 27.1. The maximum atomic E-state index is 10.7. The maximum Gasteiger partial charge on any atom is 0.276 e. The van der Waals surface area contributed by atoms with E-state index in [1.54, 1.807) is 6.07 Å². The second kappa shape index (κ2) is 36.6. The molecule has 2 N–H and O–H groups in total. The highest BCUT2D eigenvalue weighted by Crippen LogP contribution is 2.19. The zero-order valence-corrected chi connectivity index (χ0v) is 50.6. The van der Waals surface area contributed by atoms with E-state index in [-0.39, 0.29) is 13.2 Å². The lowest BCUT2D eigenvalue weighted by atomic mass is 9.92.